The van der Waals surface area contributed by atoms with Gasteiger partial charge in [-0.25, -0.2) is 0 Å². The highest BCUT2D eigenvalue weighted by atomic mass is 35.5. The van der Waals surface area contributed by atoms with Crippen LogP contribution in [0.1, 0.15) is 41.1 Å². The van der Waals surface area contributed by atoms with Crippen molar-refractivity contribution in [1.29, 1.82) is 0 Å². The number of carbonyl (C=O) groups is 1. The second kappa shape index (κ2) is 10.3. The molecular weight excluding hydrogens is 420 g/mol. The fraction of sp³-hybridized carbons (Fsp3) is 0.296. The van der Waals surface area contributed by atoms with Crippen molar-refractivity contribution in [2.45, 2.75) is 37.3 Å². The van der Waals surface area contributed by atoms with E-state index in [1.807, 2.05) is 54.6 Å². The zero-order valence-electron chi connectivity index (χ0n) is 18.0. The zero-order chi connectivity index (χ0) is 21.0. The lowest BCUT2D eigenvalue weighted by atomic mass is 10.0. The molecule has 3 aromatic rings. The van der Waals surface area contributed by atoms with Gasteiger partial charge in [-0.15, -0.1) is 12.4 Å². The highest BCUT2D eigenvalue weighted by Gasteiger charge is 2.39. The molecule has 2 N–H and O–H groups in total. The third-order valence-corrected chi connectivity index (χ3v) is 6.31. The topological polar surface area (TPSA) is 50.4 Å². The van der Waals surface area contributed by atoms with Crippen LogP contribution >= 0.6 is 12.4 Å². The van der Waals surface area contributed by atoms with Crippen LogP contribution in [0.5, 0.6) is 0 Å². The molecule has 1 heterocycles. The zero-order valence-corrected chi connectivity index (χ0v) is 18.8. The van der Waals surface area contributed by atoms with Gasteiger partial charge in [-0.05, 0) is 60.2 Å². The van der Waals surface area contributed by atoms with Gasteiger partial charge in [0.25, 0.3) is 5.91 Å². The molecule has 166 valence electrons. The number of amides is 1. The molecule has 0 radical (unpaired) electrons. The van der Waals surface area contributed by atoms with Crippen LogP contribution < -0.4 is 10.6 Å². The maximum absolute atomic E-state index is 12.6. The molecule has 1 aliphatic heterocycles. The number of benzene rings is 3. The van der Waals surface area contributed by atoms with Crippen LogP contribution in [0.3, 0.4) is 0 Å². The van der Waals surface area contributed by atoms with Crippen molar-refractivity contribution < 1.29 is 9.53 Å². The molecule has 1 aliphatic carbocycles. The molecule has 0 spiro atoms. The van der Waals surface area contributed by atoms with E-state index in [0.29, 0.717) is 23.6 Å². The third-order valence-electron chi connectivity index (χ3n) is 6.31. The predicted octanol–water partition coefficient (Wildman–Crippen LogP) is 5.65. The standard InChI is InChI=1S/C27H28N2O2.ClH/c30-27(22-8-6-20(7-9-22)19-4-2-1-3-5-19)29-23-12-10-21(11-13-23)25-18-26(25)28-24-14-16-31-17-15-24;/h1-13,24-26,28H,14-18H2,(H,29,30);1H/t25-,26+;/m0./s1. The number of carbonyl (C=O) groups excluding carboxylic acids is 1. The Kier molecular flexibility index (Phi) is 7.26. The summed E-state index contributed by atoms with van der Waals surface area (Å²) in [6.45, 7) is 1.75. The van der Waals surface area contributed by atoms with Gasteiger partial charge >= 0.3 is 0 Å². The molecule has 2 aliphatic rings. The number of halogens is 1. The Bertz CT molecular complexity index is 1020. The molecule has 0 bridgehead atoms. The van der Waals surface area contributed by atoms with E-state index in [2.05, 4.69) is 34.9 Å². The van der Waals surface area contributed by atoms with Crippen LogP contribution in [0.25, 0.3) is 11.1 Å². The summed E-state index contributed by atoms with van der Waals surface area (Å²) in [5.74, 6) is 0.496. The van der Waals surface area contributed by atoms with Gasteiger partial charge in [0.05, 0.1) is 0 Å². The molecule has 3 aromatic carbocycles. The number of hydrogen-bond acceptors (Lipinski definition) is 3. The highest BCUT2D eigenvalue weighted by molar-refractivity contribution is 6.04. The summed E-state index contributed by atoms with van der Waals surface area (Å²) in [6, 6.07) is 27.4. The maximum Gasteiger partial charge on any atom is 0.255 e. The summed E-state index contributed by atoms with van der Waals surface area (Å²) in [4.78, 5) is 12.6. The average molecular weight is 449 g/mol. The van der Waals surface area contributed by atoms with Crippen molar-refractivity contribution in [1.82, 2.24) is 5.32 Å². The minimum absolute atomic E-state index is 0. The van der Waals surface area contributed by atoms with Crippen molar-refractivity contribution in [3.63, 3.8) is 0 Å². The first-order valence-electron chi connectivity index (χ1n) is 11.2. The first-order chi connectivity index (χ1) is 15.3. The molecule has 1 saturated carbocycles. The Balaban J connectivity index is 0.00000245. The van der Waals surface area contributed by atoms with Crippen molar-refractivity contribution >= 4 is 24.0 Å². The smallest absolute Gasteiger partial charge is 0.255 e. The number of ether oxygens (including phenoxy) is 1. The molecule has 4 nitrogen and oxygen atoms in total. The van der Waals surface area contributed by atoms with Crippen LogP contribution in [-0.4, -0.2) is 31.2 Å². The number of nitrogens with one attached hydrogen (secondary N) is 2. The first-order valence-corrected chi connectivity index (χ1v) is 11.2. The fourth-order valence-electron chi connectivity index (χ4n) is 4.38. The van der Waals surface area contributed by atoms with Crippen LogP contribution in [0, 0.1) is 0 Å². The summed E-state index contributed by atoms with van der Waals surface area (Å²) >= 11 is 0. The minimum Gasteiger partial charge on any atom is -0.381 e. The van der Waals surface area contributed by atoms with E-state index in [-0.39, 0.29) is 18.3 Å². The van der Waals surface area contributed by atoms with Gasteiger partial charge in [-0.2, -0.15) is 0 Å². The summed E-state index contributed by atoms with van der Waals surface area (Å²) < 4.78 is 5.44. The van der Waals surface area contributed by atoms with E-state index >= 15 is 0 Å². The van der Waals surface area contributed by atoms with Crippen LogP contribution in [-0.2, 0) is 4.74 Å². The Hall–Kier alpha value is -2.66. The lowest BCUT2D eigenvalue weighted by molar-refractivity contribution is 0.0774. The van der Waals surface area contributed by atoms with Gasteiger partial charge in [-0.3, -0.25) is 4.79 Å². The Morgan fingerprint density at radius 3 is 2.16 bits per heavy atom. The first kappa shape index (κ1) is 22.5. The molecule has 5 heteroatoms. The Morgan fingerprint density at radius 1 is 0.812 bits per heavy atom. The predicted molar refractivity (Wildman–Crippen MR) is 132 cm³/mol. The molecule has 2 fully saturated rings. The van der Waals surface area contributed by atoms with E-state index < -0.39 is 0 Å². The van der Waals surface area contributed by atoms with E-state index in [1.165, 1.54) is 12.0 Å². The second-order valence-electron chi connectivity index (χ2n) is 8.52. The lowest BCUT2D eigenvalue weighted by Crippen LogP contribution is -2.36. The average Bonchev–Trinajstić information content (AvgIpc) is 3.60. The quantitative estimate of drug-likeness (QED) is 0.512. The largest absolute Gasteiger partial charge is 0.381 e. The summed E-state index contributed by atoms with van der Waals surface area (Å²) in [5, 5.41) is 6.79. The molecule has 32 heavy (non-hydrogen) atoms. The van der Waals surface area contributed by atoms with E-state index in [0.717, 1.165) is 42.9 Å². The van der Waals surface area contributed by atoms with Gasteiger partial charge in [0.2, 0.25) is 0 Å². The van der Waals surface area contributed by atoms with Crippen molar-refractivity contribution in [3.05, 3.63) is 90.0 Å². The van der Waals surface area contributed by atoms with Gasteiger partial charge in [0.15, 0.2) is 0 Å². The number of rotatable bonds is 6. The van der Waals surface area contributed by atoms with Crippen molar-refractivity contribution in [3.8, 4) is 11.1 Å². The Labute approximate surface area is 195 Å². The maximum atomic E-state index is 12.6. The minimum atomic E-state index is -0.0853. The number of hydrogen-bond donors (Lipinski definition) is 2. The van der Waals surface area contributed by atoms with Crippen molar-refractivity contribution in [2.24, 2.45) is 0 Å². The molecule has 0 aromatic heterocycles. The molecular formula is C27H29ClN2O2. The van der Waals surface area contributed by atoms with Crippen LogP contribution in [0.4, 0.5) is 5.69 Å². The SMILES string of the molecule is Cl.O=C(Nc1ccc([C@@H]2C[C@H]2NC2CCOCC2)cc1)c1ccc(-c2ccccc2)cc1. The lowest BCUT2D eigenvalue weighted by Gasteiger charge is -2.23. The summed E-state index contributed by atoms with van der Waals surface area (Å²) in [7, 11) is 0. The monoisotopic (exact) mass is 448 g/mol. The molecule has 1 saturated heterocycles. The highest BCUT2D eigenvalue weighted by Crippen LogP contribution is 2.41. The van der Waals surface area contributed by atoms with Gasteiger partial charge < -0.3 is 15.4 Å². The van der Waals surface area contributed by atoms with Crippen molar-refractivity contribution in [2.75, 3.05) is 18.5 Å². The molecule has 2 atom stereocenters. The summed E-state index contributed by atoms with van der Waals surface area (Å²) in [5.41, 5.74) is 5.08. The summed E-state index contributed by atoms with van der Waals surface area (Å²) in [6.07, 6.45) is 3.41. The third kappa shape index (κ3) is 5.39. The van der Waals surface area contributed by atoms with E-state index in [4.69, 9.17) is 4.74 Å². The van der Waals surface area contributed by atoms with E-state index in [9.17, 15) is 4.79 Å². The molecule has 1 amide bonds. The van der Waals surface area contributed by atoms with Gasteiger partial charge in [0.1, 0.15) is 0 Å². The van der Waals surface area contributed by atoms with Crippen LogP contribution in [0.15, 0.2) is 78.9 Å². The van der Waals surface area contributed by atoms with Gasteiger partial charge in [0, 0.05) is 42.5 Å². The van der Waals surface area contributed by atoms with Gasteiger partial charge in [-0.1, -0.05) is 54.6 Å². The normalized spacial score (nSPS) is 20.2. The Morgan fingerprint density at radius 2 is 1.47 bits per heavy atom. The fourth-order valence-corrected chi connectivity index (χ4v) is 4.38. The second-order valence-corrected chi connectivity index (χ2v) is 8.52. The molecule has 5 rings (SSSR count). The number of anilines is 1. The van der Waals surface area contributed by atoms with Crippen LogP contribution in [0.2, 0.25) is 0 Å². The molecule has 0 unspecified atom stereocenters. The van der Waals surface area contributed by atoms with E-state index in [1.54, 1.807) is 0 Å².